The monoisotopic (exact) mass is 495 g/mol. The zero-order valence-electron chi connectivity index (χ0n) is 17.4. The highest BCUT2D eigenvalue weighted by atomic mass is 32.2. The van der Waals surface area contributed by atoms with Gasteiger partial charge in [-0.1, -0.05) is 6.07 Å². The van der Waals surface area contributed by atoms with Gasteiger partial charge in [-0.3, -0.25) is 9.69 Å². The predicted molar refractivity (Wildman–Crippen MR) is 105 cm³/mol. The summed E-state index contributed by atoms with van der Waals surface area (Å²) in [6.45, 7) is 2.65. The van der Waals surface area contributed by atoms with Crippen molar-refractivity contribution in [3.8, 4) is 0 Å². The molecule has 6 nitrogen and oxygen atoms in total. The molecular weight excluding hydrogens is 476 g/mol. The Morgan fingerprint density at radius 3 is 2.15 bits per heavy atom. The number of carbonyl (C=O) groups excluding carboxylic acids is 1. The Morgan fingerprint density at radius 2 is 1.64 bits per heavy atom. The lowest BCUT2D eigenvalue weighted by Crippen LogP contribution is -2.49. The Balaban J connectivity index is 1.82. The second kappa shape index (κ2) is 8.26. The number of hydrogen-bond donors (Lipinski definition) is 0. The molecule has 1 aliphatic heterocycles. The molecule has 0 saturated carbocycles. The van der Waals surface area contributed by atoms with Gasteiger partial charge in [-0.25, -0.2) is 8.42 Å². The second-order valence-electron chi connectivity index (χ2n) is 8.14. The Bertz CT molecular complexity index is 1140. The summed E-state index contributed by atoms with van der Waals surface area (Å²) >= 11 is 0. The molecule has 13 heteroatoms. The molecule has 3 rings (SSSR count). The second-order valence-corrected chi connectivity index (χ2v) is 10.7. The fourth-order valence-corrected chi connectivity index (χ4v) is 5.44. The van der Waals surface area contributed by atoms with Gasteiger partial charge in [0.1, 0.15) is 0 Å². The van der Waals surface area contributed by atoms with Gasteiger partial charge < -0.3 is 0 Å². The summed E-state index contributed by atoms with van der Waals surface area (Å²) in [5.74, 6) is -1.43. The molecule has 1 fully saturated rings. The van der Waals surface area contributed by atoms with E-state index in [4.69, 9.17) is 0 Å². The van der Waals surface area contributed by atoms with E-state index in [2.05, 4.69) is 10.2 Å². The molecule has 33 heavy (non-hydrogen) atoms. The van der Waals surface area contributed by atoms with Gasteiger partial charge in [0, 0.05) is 13.0 Å². The van der Waals surface area contributed by atoms with E-state index in [1.807, 2.05) is 0 Å². The van der Waals surface area contributed by atoms with Crippen LogP contribution in [0.15, 0.2) is 41.3 Å². The van der Waals surface area contributed by atoms with E-state index < -0.39 is 54.9 Å². The predicted octanol–water partition coefficient (Wildman–Crippen LogP) is 4.51. The number of aromatic nitrogens is 2. The van der Waals surface area contributed by atoms with E-state index in [0.717, 1.165) is 29.2 Å². The van der Waals surface area contributed by atoms with Crippen molar-refractivity contribution >= 4 is 21.6 Å². The van der Waals surface area contributed by atoms with E-state index in [9.17, 15) is 39.6 Å². The summed E-state index contributed by atoms with van der Waals surface area (Å²) < 4.78 is 102. The Hall–Kier alpha value is -2.70. The van der Waals surface area contributed by atoms with Crippen LogP contribution in [0, 0.1) is 5.92 Å². The van der Waals surface area contributed by atoms with Crippen molar-refractivity contribution in [2.75, 3.05) is 11.4 Å². The van der Waals surface area contributed by atoms with Crippen LogP contribution in [-0.2, 0) is 27.0 Å². The molecule has 180 valence electrons. The first-order valence-electron chi connectivity index (χ1n) is 9.68. The largest absolute Gasteiger partial charge is 0.435 e. The van der Waals surface area contributed by atoms with Crippen molar-refractivity contribution in [1.29, 1.82) is 0 Å². The molecule has 1 amide bonds. The van der Waals surface area contributed by atoms with Crippen molar-refractivity contribution in [2.24, 2.45) is 5.92 Å². The Labute approximate surface area is 185 Å². The van der Waals surface area contributed by atoms with Gasteiger partial charge in [0.15, 0.2) is 21.3 Å². The van der Waals surface area contributed by atoms with E-state index in [1.54, 1.807) is 0 Å². The lowest BCUT2D eigenvalue weighted by atomic mass is 9.85. The maximum absolute atomic E-state index is 13.2. The highest BCUT2D eigenvalue weighted by molar-refractivity contribution is 7.92. The van der Waals surface area contributed by atoms with Crippen LogP contribution in [0.2, 0.25) is 0 Å². The molecule has 1 aliphatic rings. The van der Waals surface area contributed by atoms with Crippen molar-refractivity contribution in [3.05, 3.63) is 47.7 Å². The van der Waals surface area contributed by atoms with E-state index in [1.165, 1.54) is 13.8 Å². The number of benzene rings is 1. The minimum atomic E-state index is -4.72. The summed E-state index contributed by atoms with van der Waals surface area (Å²) in [4.78, 5) is 13.3. The number of rotatable bonds is 4. The first-order valence-corrected chi connectivity index (χ1v) is 11.2. The molecule has 2 heterocycles. The number of carbonyl (C=O) groups is 1. The van der Waals surface area contributed by atoms with Crippen molar-refractivity contribution < 1.29 is 39.6 Å². The van der Waals surface area contributed by atoms with Gasteiger partial charge >= 0.3 is 12.4 Å². The van der Waals surface area contributed by atoms with Crippen LogP contribution in [-0.4, -0.2) is 35.8 Å². The van der Waals surface area contributed by atoms with Gasteiger partial charge in [-0.15, -0.1) is 10.2 Å². The topological polar surface area (TPSA) is 80.2 Å². The standard InChI is InChI=1S/C20H19F6N3O3S/c1-18(2,33(31,32)14-5-3-4-13(10-14)19(21,22)23)12-8-9-29(17(30)11-12)16-7-6-15(27-28-16)20(24,25)26/h3-7,10,12H,8-9,11H2,1-2H3/t12-/m1/s1. The fourth-order valence-electron chi connectivity index (χ4n) is 3.65. The van der Waals surface area contributed by atoms with Gasteiger partial charge in [0.2, 0.25) is 5.91 Å². The van der Waals surface area contributed by atoms with Crippen LogP contribution < -0.4 is 4.90 Å². The molecule has 0 aliphatic carbocycles. The lowest BCUT2D eigenvalue weighted by molar-refractivity contribution is -0.141. The summed E-state index contributed by atoms with van der Waals surface area (Å²) in [5.41, 5.74) is -2.33. The van der Waals surface area contributed by atoms with Crippen LogP contribution in [0.3, 0.4) is 0 Å². The van der Waals surface area contributed by atoms with Gasteiger partial charge in [0.05, 0.1) is 15.2 Å². The maximum atomic E-state index is 13.2. The number of piperidine rings is 1. The highest BCUT2D eigenvalue weighted by Crippen LogP contribution is 2.40. The third-order valence-corrected chi connectivity index (χ3v) is 8.38. The van der Waals surface area contributed by atoms with E-state index in [0.29, 0.717) is 12.1 Å². The number of halogens is 6. The number of sulfone groups is 1. The van der Waals surface area contributed by atoms with Crippen molar-refractivity contribution in [2.45, 2.75) is 48.7 Å². The summed E-state index contributed by atoms with van der Waals surface area (Å²) in [6.07, 6.45) is -9.56. The average molecular weight is 495 g/mol. The number of anilines is 1. The SMILES string of the molecule is CC(C)([C@@H]1CCN(c2ccc(C(F)(F)F)nn2)C(=O)C1)S(=O)(=O)c1cccc(C(F)(F)F)c1. The number of hydrogen-bond acceptors (Lipinski definition) is 5. The first kappa shape index (κ1) is 24.9. The number of nitrogens with zero attached hydrogens (tertiary/aromatic N) is 3. The van der Waals surface area contributed by atoms with E-state index in [-0.39, 0.29) is 25.2 Å². The average Bonchev–Trinajstić information content (AvgIpc) is 2.72. The van der Waals surface area contributed by atoms with Crippen LogP contribution >= 0.6 is 0 Å². The lowest BCUT2D eigenvalue weighted by Gasteiger charge is -2.39. The third-order valence-electron chi connectivity index (χ3n) is 5.79. The number of amides is 1. The van der Waals surface area contributed by atoms with Gasteiger partial charge in [-0.2, -0.15) is 26.3 Å². The zero-order valence-corrected chi connectivity index (χ0v) is 18.2. The molecule has 0 spiro atoms. The van der Waals surface area contributed by atoms with Crippen LogP contribution in [0.25, 0.3) is 0 Å². The highest BCUT2D eigenvalue weighted by Gasteiger charge is 2.46. The van der Waals surface area contributed by atoms with E-state index >= 15 is 0 Å². The molecule has 1 saturated heterocycles. The molecule has 0 N–H and O–H groups in total. The van der Waals surface area contributed by atoms with Gasteiger partial charge in [0.25, 0.3) is 0 Å². The third kappa shape index (κ3) is 4.82. The molecule has 0 radical (unpaired) electrons. The van der Waals surface area contributed by atoms with Crippen molar-refractivity contribution in [3.63, 3.8) is 0 Å². The summed E-state index contributed by atoms with van der Waals surface area (Å²) in [7, 11) is -4.27. The molecule has 0 unspecified atom stereocenters. The first-order chi connectivity index (χ1) is 15.0. The Kier molecular flexibility index (Phi) is 6.24. The quantitative estimate of drug-likeness (QED) is 0.584. The molecule has 2 aromatic rings. The molecular formula is C20H19F6N3O3S. The normalized spacial score (nSPS) is 18.5. The molecule has 0 bridgehead atoms. The minimum absolute atomic E-state index is 0.0366. The Morgan fingerprint density at radius 1 is 0.970 bits per heavy atom. The fraction of sp³-hybridized carbons (Fsp3) is 0.450. The smallest absolute Gasteiger partial charge is 0.295 e. The van der Waals surface area contributed by atoms with Gasteiger partial charge in [-0.05, 0) is 56.5 Å². The van der Waals surface area contributed by atoms with Crippen LogP contribution in [0.1, 0.15) is 37.9 Å². The molecule has 1 aromatic carbocycles. The molecule has 1 atom stereocenters. The van der Waals surface area contributed by atoms with Crippen LogP contribution in [0.5, 0.6) is 0 Å². The summed E-state index contributed by atoms with van der Waals surface area (Å²) in [6, 6.07) is 5.08. The summed E-state index contributed by atoms with van der Waals surface area (Å²) in [5, 5.41) is 6.52. The maximum Gasteiger partial charge on any atom is 0.435 e. The zero-order chi connectivity index (χ0) is 24.8. The minimum Gasteiger partial charge on any atom is -0.295 e. The van der Waals surface area contributed by atoms with Crippen molar-refractivity contribution in [1.82, 2.24) is 10.2 Å². The molecule has 1 aromatic heterocycles. The van der Waals surface area contributed by atoms with Crippen LogP contribution in [0.4, 0.5) is 32.2 Å². The number of alkyl halides is 6.